The van der Waals surface area contributed by atoms with Crippen LogP contribution in [-0.2, 0) is 4.79 Å². The van der Waals surface area contributed by atoms with Crippen molar-refractivity contribution in [3.8, 4) is 11.5 Å². The number of aliphatic carboxylic acids is 1. The number of nitrogens with zero attached hydrogens (tertiary/aromatic N) is 1. The summed E-state index contributed by atoms with van der Waals surface area (Å²) in [5.74, 6) is -0.948. The standard InChI is InChI=1S/C13H17NO5/c1-14(7-3-4-12(16)17)13(18)10-6-5-9(19-2)8-11(10)15/h5-6,8,15H,3-4,7H2,1-2H3,(H,16,17). The number of carboxylic acid groups (broad SMARTS) is 1. The molecule has 0 radical (unpaired) electrons. The number of ether oxygens (including phenoxy) is 1. The van der Waals surface area contributed by atoms with Gasteiger partial charge in [-0.3, -0.25) is 9.59 Å². The molecule has 0 bridgehead atoms. The summed E-state index contributed by atoms with van der Waals surface area (Å²) in [7, 11) is 3.03. The van der Waals surface area contributed by atoms with Gasteiger partial charge in [-0.15, -0.1) is 0 Å². The molecule has 19 heavy (non-hydrogen) atoms. The van der Waals surface area contributed by atoms with Crippen LogP contribution in [0.2, 0.25) is 0 Å². The zero-order chi connectivity index (χ0) is 14.4. The van der Waals surface area contributed by atoms with Crippen LogP contribution in [0.1, 0.15) is 23.2 Å². The Kier molecular flexibility index (Phi) is 5.17. The van der Waals surface area contributed by atoms with Crippen molar-refractivity contribution in [2.24, 2.45) is 0 Å². The number of rotatable bonds is 6. The van der Waals surface area contributed by atoms with E-state index in [1.807, 2.05) is 0 Å². The molecule has 0 aliphatic heterocycles. The molecule has 0 aliphatic rings. The van der Waals surface area contributed by atoms with Crippen molar-refractivity contribution >= 4 is 11.9 Å². The highest BCUT2D eigenvalue weighted by Crippen LogP contribution is 2.24. The molecule has 6 heteroatoms. The number of phenolic OH excluding ortho intramolecular Hbond substituents is 1. The van der Waals surface area contributed by atoms with E-state index in [2.05, 4.69) is 0 Å². The van der Waals surface area contributed by atoms with Gasteiger partial charge in [0, 0.05) is 26.1 Å². The topological polar surface area (TPSA) is 87.1 Å². The van der Waals surface area contributed by atoms with Crippen molar-refractivity contribution in [2.45, 2.75) is 12.8 Å². The second-order valence-corrected chi connectivity index (χ2v) is 4.11. The third-order valence-electron chi connectivity index (χ3n) is 2.67. The molecular formula is C13H17NO5. The van der Waals surface area contributed by atoms with Gasteiger partial charge >= 0.3 is 5.97 Å². The Balaban J connectivity index is 2.68. The van der Waals surface area contributed by atoms with E-state index in [0.29, 0.717) is 18.7 Å². The van der Waals surface area contributed by atoms with E-state index in [0.717, 1.165) is 0 Å². The quantitative estimate of drug-likeness (QED) is 0.812. The number of hydrogen-bond donors (Lipinski definition) is 2. The van der Waals surface area contributed by atoms with Crippen LogP contribution in [-0.4, -0.2) is 47.7 Å². The van der Waals surface area contributed by atoms with E-state index < -0.39 is 5.97 Å². The highest BCUT2D eigenvalue weighted by atomic mass is 16.5. The van der Waals surface area contributed by atoms with Gasteiger partial charge in [0.25, 0.3) is 5.91 Å². The minimum atomic E-state index is -0.895. The molecule has 0 aromatic heterocycles. The Labute approximate surface area is 111 Å². The first kappa shape index (κ1) is 14.8. The van der Waals surface area contributed by atoms with Crippen molar-refractivity contribution in [3.05, 3.63) is 23.8 Å². The SMILES string of the molecule is COc1ccc(C(=O)N(C)CCCC(=O)O)c(O)c1. The van der Waals surface area contributed by atoms with Gasteiger partial charge in [0.05, 0.1) is 12.7 Å². The predicted molar refractivity (Wildman–Crippen MR) is 68.5 cm³/mol. The molecule has 1 amide bonds. The number of aromatic hydroxyl groups is 1. The summed E-state index contributed by atoms with van der Waals surface area (Å²) in [5, 5.41) is 18.3. The molecular weight excluding hydrogens is 250 g/mol. The molecule has 1 aromatic carbocycles. The summed E-state index contributed by atoms with van der Waals surface area (Å²) in [6.07, 6.45) is 0.376. The Bertz CT molecular complexity index is 472. The fourth-order valence-electron chi connectivity index (χ4n) is 1.59. The summed E-state index contributed by atoms with van der Waals surface area (Å²) in [4.78, 5) is 23.8. The van der Waals surface area contributed by atoms with Crippen molar-refractivity contribution in [1.29, 1.82) is 0 Å². The van der Waals surface area contributed by atoms with E-state index in [4.69, 9.17) is 9.84 Å². The van der Waals surface area contributed by atoms with Crippen LogP contribution in [0.5, 0.6) is 11.5 Å². The maximum absolute atomic E-state index is 12.0. The molecule has 0 fully saturated rings. The minimum Gasteiger partial charge on any atom is -0.507 e. The summed E-state index contributed by atoms with van der Waals surface area (Å²) in [5.41, 5.74) is 0.165. The number of methoxy groups -OCH3 is 1. The van der Waals surface area contributed by atoms with Crippen molar-refractivity contribution < 1.29 is 24.5 Å². The number of carboxylic acids is 1. The van der Waals surface area contributed by atoms with E-state index >= 15 is 0 Å². The number of phenols is 1. The highest BCUT2D eigenvalue weighted by Gasteiger charge is 2.16. The molecule has 104 valence electrons. The number of benzene rings is 1. The van der Waals surface area contributed by atoms with Gasteiger partial charge in [-0.05, 0) is 18.6 Å². The number of amides is 1. The monoisotopic (exact) mass is 267 g/mol. The number of carbonyl (C=O) groups excluding carboxylic acids is 1. The van der Waals surface area contributed by atoms with Gasteiger partial charge < -0.3 is 19.8 Å². The molecule has 0 heterocycles. The minimum absolute atomic E-state index is 0.00617. The van der Waals surface area contributed by atoms with Gasteiger partial charge in [0.15, 0.2) is 0 Å². The molecule has 1 rings (SSSR count). The van der Waals surface area contributed by atoms with Crippen LogP contribution in [0.4, 0.5) is 0 Å². The van der Waals surface area contributed by atoms with Crippen LogP contribution in [0, 0.1) is 0 Å². The van der Waals surface area contributed by atoms with Gasteiger partial charge in [0.2, 0.25) is 0 Å². The van der Waals surface area contributed by atoms with Gasteiger partial charge in [-0.2, -0.15) is 0 Å². The van der Waals surface area contributed by atoms with Gasteiger partial charge in [-0.1, -0.05) is 0 Å². The highest BCUT2D eigenvalue weighted by molar-refractivity contribution is 5.96. The first-order chi connectivity index (χ1) is 8.95. The maximum Gasteiger partial charge on any atom is 0.303 e. The first-order valence-corrected chi connectivity index (χ1v) is 5.80. The molecule has 0 unspecified atom stereocenters. The lowest BCUT2D eigenvalue weighted by molar-refractivity contribution is -0.137. The first-order valence-electron chi connectivity index (χ1n) is 5.80. The largest absolute Gasteiger partial charge is 0.507 e. The van der Waals surface area contributed by atoms with Crippen molar-refractivity contribution in [3.63, 3.8) is 0 Å². The van der Waals surface area contributed by atoms with Crippen LogP contribution in [0.25, 0.3) is 0 Å². The molecule has 2 N–H and O–H groups in total. The second-order valence-electron chi connectivity index (χ2n) is 4.11. The van der Waals surface area contributed by atoms with Crippen molar-refractivity contribution in [1.82, 2.24) is 4.90 Å². The molecule has 1 aromatic rings. The molecule has 6 nitrogen and oxygen atoms in total. The third kappa shape index (κ3) is 4.17. The average molecular weight is 267 g/mol. The summed E-state index contributed by atoms with van der Waals surface area (Å²) < 4.78 is 4.93. The summed E-state index contributed by atoms with van der Waals surface area (Å²) in [6.45, 7) is 0.316. The Morgan fingerprint density at radius 2 is 2.05 bits per heavy atom. The summed E-state index contributed by atoms with van der Waals surface area (Å²) >= 11 is 0. The van der Waals surface area contributed by atoms with Crippen LogP contribution in [0.15, 0.2) is 18.2 Å². The van der Waals surface area contributed by atoms with E-state index in [1.54, 1.807) is 13.1 Å². The lowest BCUT2D eigenvalue weighted by Crippen LogP contribution is -2.28. The Morgan fingerprint density at radius 1 is 1.37 bits per heavy atom. The fraction of sp³-hybridized carbons (Fsp3) is 0.385. The Hall–Kier alpha value is -2.24. The molecule has 0 atom stereocenters. The smallest absolute Gasteiger partial charge is 0.303 e. The Morgan fingerprint density at radius 3 is 2.58 bits per heavy atom. The van der Waals surface area contributed by atoms with Gasteiger partial charge in [-0.25, -0.2) is 0 Å². The average Bonchev–Trinajstić information content (AvgIpc) is 2.37. The zero-order valence-electron chi connectivity index (χ0n) is 10.9. The van der Waals surface area contributed by atoms with E-state index in [-0.39, 0.29) is 23.6 Å². The number of hydrogen-bond acceptors (Lipinski definition) is 4. The predicted octanol–water partition coefficient (Wildman–Crippen LogP) is 1.34. The van der Waals surface area contributed by atoms with Crippen LogP contribution >= 0.6 is 0 Å². The van der Waals surface area contributed by atoms with Crippen LogP contribution in [0.3, 0.4) is 0 Å². The van der Waals surface area contributed by atoms with Crippen LogP contribution < -0.4 is 4.74 Å². The van der Waals surface area contributed by atoms with E-state index in [9.17, 15) is 14.7 Å². The lowest BCUT2D eigenvalue weighted by Gasteiger charge is -2.17. The third-order valence-corrected chi connectivity index (χ3v) is 2.67. The molecule has 0 aliphatic carbocycles. The van der Waals surface area contributed by atoms with E-state index in [1.165, 1.54) is 24.1 Å². The molecule has 0 saturated carbocycles. The molecule has 0 saturated heterocycles. The fourth-order valence-corrected chi connectivity index (χ4v) is 1.59. The zero-order valence-corrected chi connectivity index (χ0v) is 10.9. The summed E-state index contributed by atoms with van der Waals surface area (Å²) in [6, 6.07) is 4.42. The normalized spacial score (nSPS) is 10.0. The number of carbonyl (C=O) groups is 2. The lowest BCUT2D eigenvalue weighted by atomic mass is 10.1. The second kappa shape index (κ2) is 6.63. The molecule has 0 spiro atoms. The van der Waals surface area contributed by atoms with Crippen molar-refractivity contribution in [2.75, 3.05) is 20.7 Å². The maximum atomic E-state index is 12.0. The van der Waals surface area contributed by atoms with Gasteiger partial charge in [0.1, 0.15) is 11.5 Å².